The van der Waals surface area contributed by atoms with Gasteiger partial charge in [0.2, 0.25) is 0 Å². The molecule has 2 aromatic rings. The summed E-state index contributed by atoms with van der Waals surface area (Å²) in [5.41, 5.74) is -1.64. The van der Waals surface area contributed by atoms with E-state index in [1.807, 2.05) is 0 Å². The van der Waals surface area contributed by atoms with Gasteiger partial charge in [-0.05, 0) is 6.92 Å². The maximum atomic E-state index is 13.0. The van der Waals surface area contributed by atoms with E-state index in [9.17, 15) is 28.5 Å². The molecular weight excluding hydrogens is 450 g/mol. The number of nitrogens with one attached hydrogen (secondary N) is 1. The molecule has 0 aliphatic heterocycles. The molecule has 0 saturated heterocycles. The van der Waals surface area contributed by atoms with Gasteiger partial charge in [0, 0.05) is 18.2 Å². The van der Waals surface area contributed by atoms with Crippen molar-refractivity contribution in [2.75, 3.05) is 33.3 Å². The third-order valence-electron chi connectivity index (χ3n) is 4.20. The van der Waals surface area contributed by atoms with Crippen molar-refractivity contribution in [3.8, 4) is 23.0 Å². The fourth-order valence-electron chi connectivity index (χ4n) is 2.79. The molecule has 0 aliphatic rings. The molecule has 0 heterocycles. The lowest BCUT2D eigenvalue weighted by Crippen LogP contribution is -2.18. The van der Waals surface area contributed by atoms with Gasteiger partial charge in [-0.15, -0.1) is 0 Å². The number of ether oxygens (including phenoxy) is 5. The first-order chi connectivity index (χ1) is 15.7. The van der Waals surface area contributed by atoms with Gasteiger partial charge < -0.3 is 29.0 Å². The van der Waals surface area contributed by atoms with E-state index < -0.39 is 40.4 Å². The Kier molecular flexibility index (Phi) is 8.31. The molecule has 0 atom stereocenters. The van der Waals surface area contributed by atoms with Gasteiger partial charge >= 0.3 is 12.6 Å². The van der Waals surface area contributed by atoms with Crippen molar-refractivity contribution < 1.29 is 47.0 Å². The van der Waals surface area contributed by atoms with Gasteiger partial charge in [0.25, 0.3) is 11.6 Å². The van der Waals surface area contributed by atoms with Crippen LogP contribution >= 0.6 is 0 Å². The standard InChI is InChI=1S/C20H20F2N2O9/c1-5-32-16-7-11(13(24(27)28)9-15(16)30-3)18(25)23-12-8-17(33-20(21)22)14(29-2)6-10(12)19(26)31-4/h6-9,20H,5H2,1-4H3,(H,23,25). The first-order valence-corrected chi connectivity index (χ1v) is 9.22. The Labute approximate surface area is 186 Å². The van der Waals surface area contributed by atoms with Gasteiger partial charge in [0.15, 0.2) is 23.0 Å². The Morgan fingerprint density at radius 3 is 2.12 bits per heavy atom. The molecule has 0 saturated carbocycles. The summed E-state index contributed by atoms with van der Waals surface area (Å²) in [5, 5.41) is 13.8. The molecule has 13 heteroatoms. The van der Waals surface area contributed by atoms with Gasteiger partial charge in [-0.1, -0.05) is 0 Å². The van der Waals surface area contributed by atoms with Crippen molar-refractivity contribution in [2.45, 2.75) is 13.5 Å². The van der Waals surface area contributed by atoms with E-state index in [4.69, 9.17) is 14.2 Å². The van der Waals surface area contributed by atoms with Gasteiger partial charge in [-0.25, -0.2) is 4.79 Å². The zero-order valence-electron chi connectivity index (χ0n) is 18.0. The van der Waals surface area contributed by atoms with E-state index in [-0.39, 0.29) is 35.1 Å². The second kappa shape index (κ2) is 10.9. The van der Waals surface area contributed by atoms with Crippen LogP contribution in [0.5, 0.6) is 23.0 Å². The number of alkyl halides is 2. The van der Waals surface area contributed by atoms with Crippen LogP contribution < -0.4 is 24.3 Å². The van der Waals surface area contributed by atoms with Gasteiger partial charge in [0.05, 0.1) is 50.2 Å². The Hall–Kier alpha value is -4.16. The third-order valence-corrected chi connectivity index (χ3v) is 4.20. The predicted octanol–water partition coefficient (Wildman–Crippen LogP) is 3.65. The average Bonchev–Trinajstić information content (AvgIpc) is 2.78. The van der Waals surface area contributed by atoms with Gasteiger partial charge in [-0.2, -0.15) is 8.78 Å². The minimum atomic E-state index is -3.23. The maximum Gasteiger partial charge on any atom is 0.387 e. The number of rotatable bonds is 10. The molecule has 0 aromatic heterocycles. The molecule has 0 aliphatic carbocycles. The monoisotopic (exact) mass is 470 g/mol. The lowest BCUT2D eigenvalue weighted by atomic mass is 10.1. The zero-order valence-corrected chi connectivity index (χ0v) is 18.0. The summed E-state index contributed by atoms with van der Waals surface area (Å²) in [6.07, 6.45) is 0. The molecule has 11 nitrogen and oxygen atoms in total. The number of methoxy groups -OCH3 is 3. The van der Waals surface area contributed by atoms with Gasteiger partial charge in [-0.3, -0.25) is 14.9 Å². The van der Waals surface area contributed by atoms with E-state index in [0.29, 0.717) is 0 Å². The Balaban J connectivity index is 2.61. The van der Waals surface area contributed by atoms with Crippen molar-refractivity contribution in [3.05, 3.63) is 45.5 Å². The van der Waals surface area contributed by atoms with Crippen molar-refractivity contribution in [3.63, 3.8) is 0 Å². The van der Waals surface area contributed by atoms with Crippen molar-refractivity contribution in [1.29, 1.82) is 0 Å². The lowest BCUT2D eigenvalue weighted by molar-refractivity contribution is -0.385. The van der Waals surface area contributed by atoms with E-state index in [1.165, 1.54) is 7.11 Å². The van der Waals surface area contributed by atoms with Crippen LogP contribution in [0.25, 0.3) is 0 Å². The van der Waals surface area contributed by atoms with E-state index in [2.05, 4.69) is 14.8 Å². The van der Waals surface area contributed by atoms with Crippen molar-refractivity contribution >= 4 is 23.3 Å². The average molecular weight is 470 g/mol. The molecule has 33 heavy (non-hydrogen) atoms. The minimum Gasteiger partial charge on any atom is -0.493 e. The van der Waals surface area contributed by atoms with Gasteiger partial charge in [0.1, 0.15) is 5.56 Å². The number of hydrogen-bond donors (Lipinski definition) is 1. The van der Waals surface area contributed by atoms with Crippen LogP contribution in [-0.4, -0.2) is 51.3 Å². The normalized spacial score (nSPS) is 10.4. The number of carbonyl (C=O) groups is 2. The van der Waals surface area contributed by atoms with E-state index >= 15 is 0 Å². The Morgan fingerprint density at radius 2 is 1.61 bits per heavy atom. The molecule has 0 radical (unpaired) electrons. The number of anilines is 1. The summed E-state index contributed by atoms with van der Waals surface area (Å²) in [7, 11) is 3.49. The largest absolute Gasteiger partial charge is 0.493 e. The summed E-state index contributed by atoms with van der Waals surface area (Å²) in [4.78, 5) is 35.9. The summed E-state index contributed by atoms with van der Waals surface area (Å²) in [6, 6.07) is 4.02. The highest BCUT2D eigenvalue weighted by molar-refractivity contribution is 6.10. The molecule has 2 rings (SSSR count). The van der Waals surface area contributed by atoms with Crippen molar-refractivity contribution in [2.24, 2.45) is 0 Å². The number of nitrogens with zero attached hydrogens (tertiary/aromatic N) is 1. The number of amides is 1. The summed E-state index contributed by atoms with van der Waals surface area (Å²) in [6.45, 7) is -1.40. The number of nitro groups is 1. The Morgan fingerprint density at radius 1 is 1.00 bits per heavy atom. The van der Waals surface area contributed by atoms with Crippen LogP contribution in [-0.2, 0) is 4.74 Å². The molecule has 0 fully saturated rings. The van der Waals surface area contributed by atoms with Crippen molar-refractivity contribution in [1.82, 2.24) is 0 Å². The topological polar surface area (TPSA) is 135 Å². The van der Waals surface area contributed by atoms with Crippen LogP contribution in [0.3, 0.4) is 0 Å². The van der Waals surface area contributed by atoms with Crippen LogP contribution in [0.15, 0.2) is 24.3 Å². The molecule has 0 bridgehead atoms. The molecule has 0 unspecified atom stereocenters. The lowest BCUT2D eigenvalue weighted by Gasteiger charge is -2.16. The maximum absolute atomic E-state index is 13.0. The predicted molar refractivity (Wildman–Crippen MR) is 110 cm³/mol. The second-order valence-corrected chi connectivity index (χ2v) is 6.08. The SMILES string of the molecule is CCOc1cc(C(=O)Nc2cc(OC(F)F)c(OC)cc2C(=O)OC)c([N+](=O)[O-])cc1OC. The first-order valence-electron chi connectivity index (χ1n) is 9.22. The molecule has 0 spiro atoms. The number of hydrogen-bond acceptors (Lipinski definition) is 9. The minimum absolute atomic E-state index is 0.0208. The quantitative estimate of drug-likeness (QED) is 0.313. The molecule has 2 aromatic carbocycles. The number of esters is 1. The first kappa shape index (κ1) is 25.1. The van der Waals surface area contributed by atoms with E-state index in [1.54, 1.807) is 6.92 Å². The third kappa shape index (κ3) is 5.75. The highest BCUT2D eigenvalue weighted by atomic mass is 19.3. The smallest absolute Gasteiger partial charge is 0.387 e. The molecular formula is C20H20F2N2O9. The summed E-state index contributed by atoms with van der Waals surface area (Å²) < 4.78 is 50.0. The number of nitro benzene ring substituents is 1. The fraction of sp³-hybridized carbons (Fsp3) is 0.300. The summed E-state index contributed by atoms with van der Waals surface area (Å²) >= 11 is 0. The Bertz CT molecular complexity index is 1060. The van der Waals surface area contributed by atoms with Crippen LogP contribution in [0.2, 0.25) is 0 Å². The van der Waals surface area contributed by atoms with E-state index in [0.717, 1.165) is 38.5 Å². The van der Waals surface area contributed by atoms with Crippen LogP contribution in [0.1, 0.15) is 27.6 Å². The van der Waals surface area contributed by atoms with Crippen LogP contribution in [0.4, 0.5) is 20.2 Å². The molecule has 178 valence electrons. The highest BCUT2D eigenvalue weighted by Gasteiger charge is 2.27. The second-order valence-electron chi connectivity index (χ2n) is 6.08. The highest BCUT2D eigenvalue weighted by Crippen LogP contribution is 2.37. The number of halogens is 2. The molecule has 1 N–H and O–H groups in total. The number of benzene rings is 2. The summed E-state index contributed by atoms with van der Waals surface area (Å²) in [5.74, 6) is -2.62. The van der Waals surface area contributed by atoms with Crippen LogP contribution in [0, 0.1) is 10.1 Å². The number of carbonyl (C=O) groups excluding carboxylic acids is 2. The fourth-order valence-corrected chi connectivity index (χ4v) is 2.79. The zero-order chi connectivity index (χ0) is 24.7. The molecule has 1 amide bonds.